The summed E-state index contributed by atoms with van der Waals surface area (Å²) in [5.41, 5.74) is 0. The lowest BCUT2D eigenvalue weighted by Gasteiger charge is -2.18. The molecule has 0 saturated carbocycles. The first-order valence-electron chi connectivity index (χ1n) is 29.2. The van der Waals surface area contributed by atoms with Crippen molar-refractivity contribution in [2.45, 2.75) is 336 Å². The summed E-state index contributed by atoms with van der Waals surface area (Å²) in [6, 6.07) is 0. The van der Waals surface area contributed by atoms with E-state index < -0.39 is 6.10 Å². The Morgan fingerprint density at radius 1 is 0.292 bits per heavy atom. The summed E-state index contributed by atoms with van der Waals surface area (Å²) in [5.74, 6) is 0.850. The number of unbranched alkanes of at least 4 members (excludes halogenated alkanes) is 38. The minimum absolute atomic E-state index is 0.0625. The molecule has 0 aromatic carbocycles. The van der Waals surface area contributed by atoms with Gasteiger partial charge in [0, 0.05) is 19.3 Å². The van der Waals surface area contributed by atoms with Gasteiger partial charge in [-0.05, 0) is 31.1 Å². The fourth-order valence-electron chi connectivity index (χ4n) is 9.05. The molecule has 0 bridgehead atoms. The van der Waals surface area contributed by atoms with Gasteiger partial charge in [-0.3, -0.25) is 14.4 Å². The van der Waals surface area contributed by atoms with E-state index in [1.807, 2.05) is 0 Å². The summed E-state index contributed by atoms with van der Waals surface area (Å²) in [4.78, 5) is 38.1. The third-order valence-corrected chi connectivity index (χ3v) is 13.5. The van der Waals surface area contributed by atoms with Crippen molar-refractivity contribution in [2.75, 3.05) is 13.2 Å². The maximum absolute atomic E-state index is 12.9. The highest BCUT2D eigenvalue weighted by atomic mass is 16.6. The first kappa shape index (κ1) is 63.4. The third kappa shape index (κ3) is 53.2. The van der Waals surface area contributed by atoms with Crippen LogP contribution in [-0.4, -0.2) is 37.2 Å². The van der Waals surface area contributed by atoms with Gasteiger partial charge < -0.3 is 14.2 Å². The van der Waals surface area contributed by atoms with E-state index in [2.05, 4.69) is 34.6 Å². The van der Waals surface area contributed by atoms with E-state index in [4.69, 9.17) is 14.2 Å². The summed E-state index contributed by atoms with van der Waals surface area (Å²) in [6.07, 6.45) is 55.2. The zero-order valence-corrected chi connectivity index (χ0v) is 44.6. The van der Waals surface area contributed by atoms with Crippen molar-refractivity contribution in [3.8, 4) is 0 Å². The summed E-state index contributed by atoms with van der Waals surface area (Å²) < 4.78 is 16.9. The second-order valence-electron chi connectivity index (χ2n) is 21.2. The Bertz CT molecular complexity index is 993. The van der Waals surface area contributed by atoms with Crippen molar-refractivity contribution in [3.05, 3.63) is 0 Å². The molecule has 0 fully saturated rings. The van der Waals surface area contributed by atoms with Crippen LogP contribution in [0.25, 0.3) is 0 Å². The van der Waals surface area contributed by atoms with E-state index in [9.17, 15) is 14.4 Å². The molecule has 0 saturated heterocycles. The van der Waals surface area contributed by atoms with Crippen LogP contribution in [0.2, 0.25) is 0 Å². The molecule has 0 N–H and O–H groups in total. The molecule has 1 atom stereocenters. The van der Waals surface area contributed by atoms with Crippen LogP contribution < -0.4 is 0 Å². The van der Waals surface area contributed by atoms with Crippen LogP contribution in [0.4, 0.5) is 0 Å². The monoisotopic (exact) mass is 919 g/mol. The van der Waals surface area contributed by atoms with Crippen LogP contribution in [0.3, 0.4) is 0 Å². The lowest BCUT2D eigenvalue weighted by atomic mass is 10.0. The topological polar surface area (TPSA) is 78.9 Å². The molecule has 0 amide bonds. The van der Waals surface area contributed by atoms with E-state index in [-0.39, 0.29) is 31.1 Å². The van der Waals surface area contributed by atoms with Gasteiger partial charge in [-0.25, -0.2) is 0 Å². The third-order valence-electron chi connectivity index (χ3n) is 13.5. The van der Waals surface area contributed by atoms with E-state index in [1.165, 1.54) is 218 Å². The average molecular weight is 920 g/mol. The fourth-order valence-corrected chi connectivity index (χ4v) is 9.05. The van der Waals surface area contributed by atoms with Crippen molar-refractivity contribution < 1.29 is 28.6 Å². The molecule has 0 rings (SSSR count). The minimum Gasteiger partial charge on any atom is -0.462 e. The second kappa shape index (κ2) is 51.8. The maximum Gasteiger partial charge on any atom is 0.306 e. The number of hydrogen-bond acceptors (Lipinski definition) is 6. The predicted molar refractivity (Wildman–Crippen MR) is 280 cm³/mol. The van der Waals surface area contributed by atoms with Gasteiger partial charge in [-0.15, -0.1) is 0 Å². The average Bonchev–Trinajstić information content (AvgIpc) is 3.28. The quantitative estimate of drug-likeness (QED) is 0.0344. The highest BCUT2D eigenvalue weighted by Gasteiger charge is 2.19. The van der Waals surface area contributed by atoms with Crippen molar-refractivity contribution in [1.82, 2.24) is 0 Å². The van der Waals surface area contributed by atoms with Crippen LogP contribution in [0, 0.1) is 11.8 Å². The number of carbonyl (C=O) groups excluding carboxylic acids is 3. The Kier molecular flexibility index (Phi) is 50.5. The molecule has 0 aliphatic carbocycles. The molecule has 0 heterocycles. The fraction of sp³-hybridized carbons (Fsp3) is 0.949. The van der Waals surface area contributed by atoms with E-state index in [1.54, 1.807) is 0 Å². The second-order valence-corrected chi connectivity index (χ2v) is 21.2. The van der Waals surface area contributed by atoms with Gasteiger partial charge in [0.25, 0.3) is 0 Å². The van der Waals surface area contributed by atoms with Crippen LogP contribution in [0.15, 0.2) is 0 Å². The van der Waals surface area contributed by atoms with E-state index in [0.29, 0.717) is 19.3 Å². The molecule has 6 heteroatoms. The SMILES string of the molecule is CCCCCCCCCCCCCCCC(=O)OC[C@@H](COC(=O)CCCCCCCCCCCCCCCCCC(C)C)OC(=O)CCCCCCCCCCCCCCCC(C)C. The molecule has 0 aliphatic heterocycles. The Morgan fingerprint density at radius 3 is 0.754 bits per heavy atom. The van der Waals surface area contributed by atoms with Gasteiger partial charge in [0.15, 0.2) is 6.10 Å². The molecule has 6 nitrogen and oxygen atoms in total. The molecule has 0 aromatic heterocycles. The highest BCUT2D eigenvalue weighted by Crippen LogP contribution is 2.18. The van der Waals surface area contributed by atoms with Crippen molar-refractivity contribution in [2.24, 2.45) is 11.8 Å². The smallest absolute Gasteiger partial charge is 0.306 e. The van der Waals surface area contributed by atoms with E-state index in [0.717, 1.165) is 69.6 Å². The van der Waals surface area contributed by atoms with Gasteiger partial charge in [0.1, 0.15) is 13.2 Å². The van der Waals surface area contributed by atoms with Crippen LogP contribution in [0.1, 0.15) is 330 Å². The van der Waals surface area contributed by atoms with Gasteiger partial charge >= 0.3 is 17.9 Å². The van der Waals surface area contributed by atoms with Gasteiger partial charge in [0.2, 0.25) is 0 Å². The van der Waals surface area contributed by atoms with Gasteiger partial charge in [0.05, 0.1) is 0 Å². The number of hydrogen-bond donors (Lipinski definition) is 0. The molecule has 0 spiro atoms. The standard InChI is InChI=1S/C59H114O6/c1-6-7-8-9-10-11-12-17-24-29-34-39-44-49-57(60)63-52-56(65-59(62)51-46-41-36-31-26-21-16-19-23-28-33-38-43-48-55(4)5)53-64-58(61)50-45-40-35-30-25-20-15-13-14-18-22-27-32-37-42-47-54(2)3/h54-56H,6-53H2,1-5H3/t56-/m0/s1. The first-order valence-corrected chi connectivity index (χ1v) is 29.2. The number of rotatable bonds is 53. The molecular formula is C59H114O6. The van der Waals surface area contributed by atoms with E-state index >= 15 is 0 Å². The Labute approximate surface area is 406 Å². The van der Waals surface area contributed by atoms with Crippen molar-refractivity contribution in [1.29, 1.82) is 0 Å². The lowest BCUT2D eigenvalue weighted by molar-refractivity contribution is -0.167. The lowest BCUT2D eigenvalue weighted by Crippen LogP contribution is -2.30. The largest absolute Gasteiger partial charge is 0.462 e. The predicted octanol–water partition coefficient (Wildman–Crippen LogP) is 19.3. The Morgan fingerprint density at radius 2 is 0.508 bits per heavy atom. The number of esters is 3. The zero-order valence-electron chi connectivity index (χ0n) is 44.6. The summed E-state index contributed by atoms with van der Waals surface area (Å²) >= 11 is 0. The zero-order chi connectivity index (χ0) is 47.5. The van der Waals surface area contributed by atoms with Crippen LogP contribution >= 0.6 is 0 Å². The summed E-state index contributed by atoms with van der Waals surface area (Å²) in [6.45, 7) is 11.4. The Hall–Kier alpha value is -1.59. The van der Waals surface area contributed by atoms with Gasteiger partial charge in [-0.2, -0.15) is 0 Å². The van der Waals surface area contributed by atoms with Crippen LogP contribution in [-0.2, 0) is 28.6 Å². The molecule has 65 heavy (non-hydrogen) atoms. The van der Waals surface area contributed by atoms with Crippen molar-refractivity contribution >= 4 is 17.9 Å². The molecule has 0 aromatic rings. The minimum atomic E-state index is -0.762. The number of carbonyl (C=O) groups is 3. The molecule has 0 unspecified atom stereocenters. The normalized spacial score (nSPS) is 12.0. The van der Waals surface area contributed by atoms with Crippen molar-refractivity contribution in [3.63, 3.8) is 0 Å². The summed E-state index contributed by atoms with van der Waals surface area (Å²) in [5, 5.41) is 0. The highest BCUT2D eigenvalue weighted by molar-refractivity contribution is 5.71. The van der Waals surface area contributed by atoms with Crippen LogP contribution in [0.5, 0.6) is 0 Å². The Balaban J connectivity index is 4.28. The summed E-state index contributed by atoms with van der Waals surface area (Å²) in [7, 11) is 0. The first-order chi connectivity index (χ1) is 31.7. The maximum atomic E-state index is 12.9. The molecule has 0 radical (unpaired) electrons. The molecular weight excluding hydrogens is 805 g/mol. The van der Waals surface area contributed by atoms with Gasteiger partial charge in [-0.1, -0.05) is 291 Å². The number of ether oxygens (including phenoxy) is 3. The molecule has 386 valence electrons. The molecule has 0 aliphatic rings.